The zero-order valence-corrected chi connectivity index (χ0v) is 11.0. The predicted molar refractivity (Wildman–Crippen MR) is 73.4 cm³/mol. The lowest BCUT2D eigenvalue weighted by atomic mass is 10.2. The van der Waals surface area contributed by atoms with Crippen molar-refractivity contribution in [2.45, 2.75) is 6.54 Å². The summed E-state index contributed by atoms with van der Waals surface area (Å²) in [5.74, 6) is -0.406. The molecule has 0 aliphatic carbocycles. The highest BCUT2D eigenvalue weighted by Crippen LogP contribution is 2.25. The number of hydrogen-bond donors (Lipinski definition) is 2. The molecule has 0 amide bonds. The Morgan fingerprint density at radius 3 is 2.68 bits per heavy atom. The summed E-state index contributed by atoms with van der Waals surface area (Å²) in [6.07, 6.45) is 0. The highest BCUT2D eigenvalue weighted by Gasteiger charge is 2.03. The van der Waals surface area contributed by atoms with Crippen LogP contribution in [0.25, 0.3) is 0 Å². The Bertz CT molecular complexity index is 590. The van der Waals surface area contributed by atoms with Crippen molar-refractivity contribution in [1.82, 2.24) is 0 Å². The molecule has 0 atom stereocenters. The lowest BCUT2D eigenvalue weighted by Crippen LogP contribution is -2.00. The number of benzene rings is 2. The first-order chi connectivity index (χ1) is 9.10. The van der Waals surface area contributed by atoms with Crippen LogP contribution in [0.2, 0.25) is 5.02 Å². The summed E-state index contributed by atoms with van der Waals surface area (Å²) in [7, 11) is 1.55. The molecule has 5 heteroatoms. The summed E-state index contributed by atoms with van der Waals surface area (Å²) in [5, 5.41) is 12.7. The average molecular weight is 282 g/mol. The zero-order chi connectivity index (χ0) is 13.8. The minimum atomic E-state index is -0.655. The monoisotopic (exact) mass is 281 g/mol. The van der Waals surface area contributed by atoms with E-state index < -0.39 is 5.82 Å². The number of aromatic hydroxyl groups is 1. The second kappa shape index (κ2) is 5.80. The molecular weight excluding hydrogens is 269 g/mol. The quantitative estimate of drug-likeness (QED) is 0.838. The molecule has 0 saturated carbocycles. The maximum absolute atomic E-state index is 13.1. The molecule has 0 radical (unpaired) electrons. The Kier molecular flexibility index (Phi) is 4.12. The number of hydrogen-bond acceptors (Lipinski definition) is 3. The van der Waals surface area contributed by atoms with Gasteiger partial charge in [-0.15, -0.1) is 0 Å². The molecule has 0 aliphatic rings. The standard InChI is InChI=1S/C14H13ClFNO2/c1-19-14-5-2-9(6-11(14)15)8-17-10-3-4-13(18)12(16)7-10/h2-7,17-18H,8H2,1H3. The van der Waals surface area contributed by atoms with Crippen LogP contribution in [0, 0.1) is 5.82 Å². The molecule has 3 nitrogen and oxygen atoms in total. The van der Waals surface area contributed by atoms with E-state index in [4.69, 9.17) is 21.4 Å². The van der Waals surface area contributed by atoms with Crippen LogP contribution in [0.15, 0.2) is 36.4 Å². The summed E-state index contributed by atoms with van der Waals surface area (Å²) < 4.78 is 18.2. The van der Waals surface area contributed by atoms with Crippen LogP contribution in [0.3, 0.4) is 0 Å². The van der Waals surface area contributed by atoms with E-state index in [2.05, 4.69) is 5.32 Å². The minimum Gasteiger partial charge on any atom is -0.505 e. The largest absolute Gasteiger partial charge is 0.505 e. The van der Waals surface area contributed by atoms with Crippen LogP contribution in [-0.2, 0) is 6.54 Å². The fourth-order valence-corrected chi connectivity index (χ4v) is 1.92. The fraction of sp³-hybridized carbons (Fsp3) is 0.143. The predicted octanol–water partition coefficient (Wildman–Crippen LogP) is 3.81. The van der Waals surface area contributed by atoms with E-state index >= 15 is 0 Å². The van der Waals surface area contributed by atoms with Crippen molar-refractivity contribution in [3.63, 3.8) is 0 Å². The third-order valence-corrected chi connectivity index (χ3v) is 2.96. The summed E-state index contributed by atoms with van der Waals surface area (Å²) >= 11 is 6.01. The van der Waals surface area contributed by atoms with Crippen molar-refractivity contribution in [3.8, 4) is 11.5 Å². The van der Waals surface area contributed by atoms with Crippen molar-refractivity contribution in [2.75, 3.05) is 12.4 Å². The van der Waals surface area contributed by atoms with Crippen LogP contribution in [0.5, 0.6) is 11.5 Å². The number of rotatable bonds is 4. The lowest BCUT2D eigenvalue weighted by molar-refractivity contribution is 0.415. The average Bonchev–Trinajstić information content (AvgIpc) is 2.40. The van der Waals surface area contributed by atoms with E-state index in [1.807, 2.05) is 6.07 Å². The van der Waals surface area contributed by atoms with Gasteiger partial charge in [-0.05, 0) is 29.8 Å². The molecule has 0 aliphatic heterocycles. The van der Waals surface area contributed by atoms with Gasteiger partial charge in [0.2, 0.25) is 0 Å². The third-order valence-electron chi connectivity index (χ3n) is 2.66. The molecule has 0 saturated heterocycles. The maximum atomic E-state index is 13.1. The number of ether oxygens (including phenoxy) is 1. The van der Waals surface area contributed by atoms with Gasteiger partial charge in [0.15, 0.2) is 11.6 Å². The number of methoxy groups -OCH3 is 1. The Hall–Kier alpha value is -1.94. The van der Waals surface area contributed by atoms with Crippen molar-refractivity contribution in [2.24, 2.45) is 0 Å². The Labute approximate surface area is 115 Å². The summed E-state index contributed by atoms with van der Waals surface area (Å²) in [4.78, 5) is 0. The molecule has 19 heavy (non-hydrogen) atoms. The van der Waals surface area contributed by atoms with Gasteiger partial charge in [0.05, 0.1) is 12.1 Å². The molecule has 0 heterocycles. The van der Waals surface area contributed by atoms with E-state index in [0.29, 0.717) is 23.0 Å². The lowest BCUT2D eigenvalue weighted by Gasteiger charge is -2.09. The Balaban J connectivity index is 2.05. The summed E-state index contributed by atoms with van der Waals surface area (Å²) in [6, 6.07) is 9.57. The number of phenolic OH excluding ortho intramolecular Hbond substituents is 1. The third kappa shape index (κ3) is 3.29. The molecule has 2 aromatic rings. The Morgan fingerprint density at radius 1 is 1.26 bits per heavy atom. The first kappa shape index (κ1) is 13.5. The highest BCUT2D eigenvalue weighted by molar-refractivity contribution is 6.32. The molecule has 2 N–H and O–H groups in total. The number of halogens is 2. The van der Waals surface area contributed by atoms with Crippen LogP contribution < -0.4 is 10.1 Å². The molecule has 0 unspecified atom stereocenters. The second-order valence-electron chi connectivity index (χ2n) is 3.99. The normalized spacial score (nSPS) is 10.3. The first-order valence-corrected chi connectivity index (χ1v) is 6.03. The zero-order valence-electron chi connectivity index (χ0n) is 10.3. The van der Waals surface area contributed by atoms with Crippen molar-refractivity contribution in [1.29, 1.82) is 0 Å². The van der Waals surface area contributed by atoms with E-state index in [0.717, 1.165) is 5.56 Å². The van der Waals surface area contributed by atoms with Gasteiger partial charge in [0.1, 0.15) is 5.75 Å². The molecule has 0 fully saturated rings. The van der Waals surface area contributed by atoms with Crippen molar-refractivity contribution >= 4 is 17.3 Å². The van der Waals surface area contributed by atoms with Crippen LogP contribution in [0.1, 0.15) is 5.56 Å². The number of nitrogens with one attached hydrogen (secondary N) is 1. The van der Waals surface area contributed by atoms with E-state index in [1.54, 1.807) is 25.3 Å². The fourth-order valence-electron chi connectivity index (χ4n) is 1.64. The van der Waals surface area contributed by atoms with Gasteiger partial charge in [-0.3, -0.25) is 0 Å². The summed E-state index contributed by atoms with van der Waals surface area (Å²) in [6.45, 7) is 0.494. The van der Waals surface area contributed by atoms with Gasteiger partial charge < -0.3 is 15.2 Å². The molecule has 100 valence electrons. The van der Waals surface area contributed by atoms with Crippen molar-refractivity contribution in [3.05, 3.63) is 52.8 Å². The SMILES string of the molecule is COc1ccc(CNc2ccc(O)c(F)c2)cc1Cl. The number of phenols is 1. The first-order valence-electron chi connectivity index (χ1n) is 5.65. The van der Waals surface area contributed by atoms with Gasteiger partial charge in [-0.2, -0.15) is 0 Å². The second-order valence-corrected chi connectivity index (χ2v) is 4.40. The smallest absolute Gasteiger partial charge is 0.166 e. The summed E-state index contributed by atoms with van der Waals surface area (Å²) in [5.41, 5.74) is 1.53. The van der Waals surface area contributed by atoms with Crippen molar-refractivity contribution < 1.29 is 14.2 Å². The molecule has 2 rings (SSSR count). The van der Waals surface area contributed by atoms with E-state index in [9.17, 15) is 4.39 Å². The molecular formula is C14H13ClFNO2. The Morgan fingerprint density at radius 2 is 2.05 bits per heavy atom. The minimum absolute atomic E-state index is 0.363. The van der Waals surface area contributed by atoms with E-state index in [1.165, 1.54) is 12.1 Å². The molecule has 0 aromatic heterocycles. The van der Waals surface area contributed by atoms with Gasteiger partial charge in [0.25, 0.3) is 0 Å². The topological polar surface area (TPSA) is 41.5 Å². The molecule has 0 spiro atoms. The number of anilines is 1. The molecule has 2 aromatic carbocycles. The van der Waals surface area contributed by atoms with Crippen LogP contribution in [-0.4, -0.2) is 12.2 Å². The van der Waals surface area contributed by atoms with Gasteiger partial charge >= 0.3 is 0 Å². The van der Waals surface area contributed by atoms with Gasteiger partial charge in [-0.25, -0.2) is 4.39 Å². The van der Waals surface area contributed by atoms with Crippen LogP contribution in [0.4, 0.5) is 10.1 Å². The van der Waals surface area contributed by atoms with Gasteiger partial charge in [-0.1, -0.05) is 17.7 Å². The molecule has 0 bridgehead atoms. The van der Waals surface area contributed by atoms with E-state index in [-0.39, 0.29) is 5.75 Å². The van der Waals surface area contributed by atoms with Crippen LogP contribution >= 0.6 is 11.6 Å². The maximum Gasteiger partial charge on any atom is 0.166 e. The highest BCUT2D eigenvalue weighted by atomic mass is 35.5. The van der Waals surface area contributed by atoms with Gasteiger partial charge in [0, 0.05) is 18.3 Å².